The second kappa shape index (κ2) is 9.20. The minimum absolute atomic E-state index is 0.195. The van der Waals surface area contributed by atoms with Crippen molar-refractivity contribution in [3.05, 3.63) is 145 Å². The van der Waals surface area contributed by atoms with Gasteiger partial charge in [-0.3, -0.25) is 0 Å². The maximum atomic E-state index is 2.59. The predicted molar refractivity (Wildman–Crippen MR) is 193 cm³/mol. The number of hydrogen-bond acceptors (Lipinski definition) is 0. The summed E-state index contributed by atoms with van der Waals surface area (Å²) in [4.78, 5) is 0. The summed E-state index contributed by atoms with van der Waals surface area (Å²) in [5, 5.41) is 8.09. The molecule has 0 nitrogen and oxygen atoms in total. The average Bonchev–Trinajstić information content (AvgIpc) is 3.40. The van der Waals surface area contributed by atoms with Crippen LogP contribution in [0.4, 0.5) is 0 Å². The van der Waals surface area contributed by atoms with Crippen LogP contribution in [0.2, 0.25) is 0 Å². The van der Waals surface area contributed by atoms with Gasteiger partial charge in [-0.2, -0.15) is 0 Å². The molecule has 7 aromatic rings. The van der Waals surface area contributed by atoms with E-state index in [0.717, 1.165) is 23.7 Å². The van der Waals surface area contributed by atoms with E-state index in [9.17, 15) is 0 Å². The lowest BCUT2D eigenvalue weighted by Crippen LogP contribution is -2.55. The van der Waals surface area contributed by atoms with Crippen molar-refractivity contribution < 1.29 is 0 Å². The summed E-state index contributed by atoms with van der Waals surface area (Å²) in [7, 11) is 0. The van der Waals surface area contributed by atoms with Gasteiger partial charge < -0.3 is 0 Å². The van der Waals surface area contributed by atoms with Crippen LogP contribution >= 0.6 is 0 Å². The third-order valence-electron chi connectivity index (χ3n) is 12.8. The van der Waals surface area contributed by atoms with Crippen molar-refractivity contribution in [1.82, 2.24) is 0 Å². The van der Waals surface area contributed by atoms with Crippen LogP contribution in [0.3, 0.4) is 0 Å². The largest absolute Gasteiger partial charge is 0.0622 e. The fourth-order valence-electron chi connectivity index (χ4n) is 11.6. The molecule has 7 aromatic carbocycles. The highest BCUT2D eigenvalue weighted by molar-refractivity contribution is 6.24. The standard InChI is InChI=1S/C46H36/c1-2-11-30(12-3-1)43-36-13-4-6-15-38(36)44(39-16-7-5-14-37(39)43)34-18-10-19-35-33(34)21-22-42-45(35)40-17-8-9-20-41(40)46(42)31-24-28-23-29(26-31)27-32(46)25-28/h1-22,28-29,31-32H,23-27H2. The van der Waals surface area contributed by atoms with Crippen molar-refractivity contribution in [1.29, 1.82) is 0 Å². The van der Waals surface area contributed by atoms with E-state index in [1.807, 2.05) is 0 Å². The molecular weight excluding hydrogens is 553 g/mol. The van der Waals surface area contributed by atoms with Crippen LogP contribution in [-0.2, 0) is 5.41 Å². The van der Waals surface area contributed by atoms with Crippen LogP contribution in [0.15, 0.2) is 133 Å². The van der Waals surface area contributed by atoms with E-state index in [-0.39, 0.29) is 5.41 Å². The molecule has 4 bridgehead atoms. The molecule has 46 heavy (non-hydrogen) atoms. The van der Waals surface area contributed by atoms with Crippen LogP contribution in [-0.4, -0.2) is 0 Å². The molecule has 4 fully saturated rings. The lowest BCUT2D eigenvalue weighted by Gasteiger charge is -2.61. The molecule has 0 heteroatoms. The van der Waals surface area contributed by atoms with Crippen LogP contribution in [0.5, 0.6) is 0 Å². The lowest BCUT2D eigenvalue weighted by molar-refractivity contribution is -0.0399. The molecule has 0 radical (unpaired) electrons. The second-order valence-corrected chi connectivity index (χ2v) is 14.8. The number of fused-ring (bicyclic) bond motifs is 7. The van der Waals surface area contributed by atoms with Crippen molar-refractivity contribution in [3.8, 4) is 33.4 Å². The molecule has 5 aliphatic carbocycles. The van der Waals surface area contributed by atoms with Gasteiger partial charge in [-0.25, -0.2) is 0 Å². The van der Waals surface area contributed by atoms with Crippen molar-refractivity contribution in [3.63, 3.8) is 0 Å². The first-order chi connectivity index (χ1) is 22.8. The van der Waals surface area contributed by atoms with Gasteiger partial charge >= 0.3 is 0 Å². The fourth-order valence-corrected chi connectivity index (χ4v) is 11.6. The maximum Gasteiger partial charge on any atom is 0.0272 e. The first kappa shape index (κ1) is 25.5. The third kappa shape index (κ3) is 3.15. The van der Waals surface area contributed by atoms with Crippen molar-refractivity contribution in [2.24, 2.45) is 23.7 Å². The monoisotopic (exact) mass is 588 g/mol. The zero-order valence-corrected chi connectivity index (χ0v) is 26.0. The third-order valence-corrected chi connectivity index (χ3v) is 12.8. The van der Waals surface area contributed by atoms with Crippen LogP contribution in [0.25, 0.3) is 65.7 Å². The van der Waals surface area contributed by atoms with Gasteiger partial charge in [0, 0.05) is 5.41 Å². The topological polar surface area (TPSA) is 0 Å². The Kier molecular flexibility index (Phi) is 5.10. The van der Waals surface area contributed by atoms with Gasteiger partial charge in [0.15, 0.2) is 0 Å². The first-order valence-corrected chi connectivity index (χ1v) is 17.5. The zero-order chi connectivity index (χ0) is 30.0. The minimum Gasteiger partial charge on any atom is -0.0622 e. The van der Waals surface area contributed by atoms with Gasteiger partial charge in [0.1, 0.15) is 0 Å². The van der Waals surface area contributed by atoms with Gasteiger partial charge in [0.2, 0.25) is 0 Å². The number of hydrogen-bond donors (Lipinski definition) is 0. The van der Waals surface area contributed by atoms with E-state index in [2.05, 4.69) is 133 Å². The molecule has 1 spiro atoms. The molecule has 220 valence electrons. The van der Waals surface area contributed by atoms with Gasteiger partial charge in [-0.1, -0.05) is 133 Å². The zero-order valence-electron chi connectivity index (χ0n) is 26.0. The summed E-state index contributed by atoms with van der Waals surface area (Å²) in [5.41, 5.74) is 11.8. The Bertz CT molecular complexity index is 2290. The van der Waals surface area contributed by atoms with Crippen LogP contribution in [0, 0.1) is 23.7 Å². The second-order valence-electron chi connectivity index (χ2n) is 14.8. The lowest BCUT2D eigenvalue weighted by atomic mass is 9.43. The van der Waals surface area contributed by atoms with Crippen molar-refractivity contribution >= 4 is 32.3 Å². The van der Waals surface area contributed by atoms with E-state index in [0.29, 0.717) is 0 Å². The number of rotatable bonds is 2. The molecule has 0 saturated heterocycles. The molecule has 0 amide bonds. The number of benzene rings is 7. The van der Waals surface area contributed by atoms with Gasteiger partial charge in [-0.15, -0.1) is 0 Å². The Balaban J connectivity index is 1.22. The molecule has 5 aliphatic rings. The molecule has 0 N–H and O–H groups in total. The quantitative estimate of drug-likeness (QED) is 0.176. The molecule has 0 atom stereocenters. The predicted octanol–water partition coefficient (Wildman–Crippen LogP) is 12.2. The Hall–Kier alpha value is -4.68. The Morgan fingerprint density at radius 2 is 0.870 bits per heavy atom. The fraction of sp³-hybridized carbons (Fsp3) is 0.217. The molecule has 0 unspecified atom stereocenters. The van der Waals surface area contributed by atoms with Crippen LogP contribution < -0.4 is 0 Å². The Morgan fingerprint density at radius 3 is 1.54 bits per heavy atom. The molecule has 0 heterocycles. The van der Waals surface area contributed by atoms with Crippen molar-refractivity contribution in [2.45, 2.75) is 37.5 Å². The van der Waals surface area contributed by atoms with E-state index in [1.165, 1.54) is 97.8 Å². The summed E-state index contributed by atoms with van der Waals surface area (Å²) in [6.07, 6.45) is 7.17. The van der Waals surface area contributed by atoms with E-state index >= 15 is 0 Å². The van der Waals surface area contributed by atoms with Gasteiger partial charge in [0.25, 0.3) is 0 Å². The molecule has 4 saturated carbocycles. The Morgan fingerprint density at radius 1 is 0.348 bits per heavy atom. The van der Waals surface area contributed by atoms with Gasteiger partial charge in [-0.05, 0) is 133 Å². The molecular formula is C46H36. The van der Waals surface area contributed by atoms with Crippen LogP contribution in [0.1, 0.15) is 43.2 Å². The highest BCUT2D eigenvalue weighted by Gasteiger charge is 2.61. The summed E-state index contributed by atoms with van der Waals surface area (Å²) in [6.45, 7) is 0. The minimum atomic E-state index is 0.195. The summed E-state index contributed by atoms with van der Waals surface area (Å²) in [5.74, 6) is 3.48. The summed E-state index contributed by atoms with van der Waals surface area (Å²) >= 11 is 0. The normalized spacial score (nSPS) is 25.5. The average molecular weight is 589 g/mol. The van der Waals surface area contributed by atoms with Crippen molar-refractivity contribution in [2.75, 3.05) is 0 Å². The SMILES string of the molecule is c1ccc(-c2c3ccccc3c(-c3cccc4c5c(ccc34)C3(c4ccccc4-5)C4CC5CC(C4)CC3C5)c3ccccc23)cc1. The van der Waals surface area contributed by atoms with E-state index in [4.69, 9.17) is 0 Å². The highest BCUT2D eigenvalue weighted by atomic mass is 14.6. The molecule has 12 rings (SSSR count). The Labute approximate surface area is 270 Å². The van der Waals surface area contributed by atoms with E-state index in [1.54, 1.807) is 11.1 Å². The summed E-state index contributed by atoms with van der Waals surface area (Å²) in [6, 6.07) is 50.9. The van der Waals surface area contributed by atoms with E-state index < -0.39 is 0 Å². The molecule has 0 aliphatic heterocycles. The first-order valence-electron chi connectivity index (χ1n) is 17.5. The smallest absolute Gasteiger partial charge is 0.0272 e. The molecule has 0 aromatic heterocycles. The van der Waals surface area contributed by atoms with Gasteiger partial charge in [0.05, 0.1) is 0 Å². The summed E-state index contributed by atoms with van der Waals surface area (Å²) < 4.78 is 0. The maximum absolute atomic E-state index is 2.59. The highest BCUT2D eigenvalue weighted by Crippen LogP contribution is 2.70.